The molecule has 0 spiro atoms. The lowest BCUT2D eigenvalue weighted by molar-refractivity contribution is -0.385. The molecule has 1 aromatic carbocycles. The van der Waals surface area contributed by atoms with Gasteiger partial charge in [0.05, 0.1) is 15.5 Å². The Morgan fingerprint density at radius 3 is 2.40 bits per heavy atom. The Labute approximate surface area is 99.9 Å². The van der Waals surface area contributed by atoms with Gasteiger partial charge in [-0.25, -0.2) is 0 Å². The molecule has 0 atom stereocenters. The van der Waals surface area contributed by atoms with E-state index in [2.05, 4.69) is 0 Å². The Bertz CT molecular complexity index is 459. The Kier molecular flexibility index (Phi) is 3.54. The van der Waals surface area contributed by atoms with Crippen molar-refractivity contribution in [3.63, 3.8) is 0 Å². The van der Waals surface area contributed by atoms with E-state index in [0.29, 0.717) is 0 Å². The van der Waals surface area contributed by atoms with Gasteiger partial charge < -0.3 is 0 Å². The van der Waals surface area contributed by atoms with Crippen LogP contribution in [0.3, 0.4) is 0 Å². The molecule has 0 bridgehead atoms. The molecule has 0 aliphatic carbocycles. The Balaban J connectivity index is 3.63. The second-order valence-electron chi connectivity index (χ2n) is 2.72. The van der Waals surface area contributed by atoms with Crippen LogP contribution in [-0.4, -0.2) is 10.2 Å². The topological polar surface area (TPSA) is 60.2 Å². The third-order valence-corrected chi connectivity index (χ3v) is 2.80. The van der Waals surface area contributed by atoms with Crippen LogP contribution in [0.25, 0.3) is 0 Å². The molecule has 0 aliphatic heterocycles. The van der Waals surface area contributed by atoms with E-state index < -0.39 is 15.9 Å². The van der Waals surface area contributed by atoms with Crippen LogP contribution in [0.4, 0.5) is 5.69 Å². The smallest absolute Gasteiger partial charge is 0.276 e. The highest BCUT2D eigenvalue weighted by atomic mass is 35.5. The zero-order valence-corrected chi connectivity index (χ0v) is 9.65. The fraction of sp³-hybridized carbons (Fsp3) is 0.125. The molecule has 0 saturated heterocycles. The third-order valence-electron chi connectivity index (χ3n) is 1.82. The van der Waals surface area contributed by atoms with Crippen molar-refractivity contribution in [2.24, 2.45) is 0 Å². The van der Waals surface area contributed by atoms with Crippen LogP contribution in [0, 0.1) is 17.0 Å². The molecule has 0 aliphatic rings. The summed E-state index contributed by atoms with van der Waals surface area (Å²) in [5.41, 5.74) is -0.359. The standard InChI is InChI=1S/C8H4Cl3NO3/c1-3-5(9)2-4(8(11)13)6(10)7(3)12(14)15/h2H,1H3. The lowest BCUT2D eigenvalue weighted by Crippen LogP contribution is -1.99. The average Bonchev–Trinajstić information content (AvgIpc) is 2.10. The van der Waals surface area contributed by atoms with Crippen LogP contribution in [0.5, 0.6) is 0 Å². The fourth-order valence-corrected chi connectivity index (χ4v) is 1.81. The van der Waals surface area contributed by atoms with E-state index >= 15 is 0 Å². The minimum Gasteiger partial charge on any atom is -0.276 e. The van der Waals surface area contributed by atoms with Gasteiger partial charge in [0.25, 0.3) is 10.9 Å². The number of nitro groups is 1. The van der Waals surface area contributed by atoms with Crippen molar-refractivity contribution >= 4 is 45.7 Å². The van der Waals surface area contributed by atoms with Crippen molar-refractivity contribution in [3.05, 3.63) is 37.4 Å². The van der Waals surface area contributed by atoms with Gasteiger partial charge in [0.15, 0.2) is 0 Å². The van der Waals surface area contributed by atoms with E-state index in [1.54, 1.807) is 0 Å². The molecule has 0 heterocycles. The first-order valence-corrected chi connectivity index (χ1v) is 4.82. The second-order valence-corrected chi connectivity index (χ2v) is 3.85. The summed E-state index contributed by atoms with van der Waals surface area (Å²) in [4.78, 5) is 20.9. The summed E-state index contributed by atoms with van der Waals surface area (Å²) in [5.74, 6) is 0. The van der Waals surface area contributed by atoms with Crippen LogP contribution in [0.2, 0.25) is 10.0 Å². The maximum atomic E-state index is 10.9. The lowest BCUT2D eigenvalue weighted by Gasteiger charge is -2.05. The zero-order valence-electron chi connectivity index (χ0n) is 7.38. The molecule has 0 fully saturated rings. The van der Waals surface area contributed by atoms with Crippen molar-refractivity contribution < 1.29 is 9.72 Å². The third kappa shape index (κ3) is 2.22. The van der Waals surface area contributed by atoms with Crippen molar-refractivity contribution in [2.45, 2.75) is 6.92 Å². The number of carbonyl (C=O) groups excluding carboxylic acids is 1. The van der Waals surface area contributed by atoms with Gasteiger partial charge in [-0.3, -0.25) is 14.9 Å². The molecule has 1 aromatic rings. The van der Waals surface area contributed by atoms with Gasteiger partial charge >= 0.3 is 0 Å². The van der Waals surface area contributed by atoms with Crippen molar-refractivity contribution in [1.29, 1.82) is 0 Å². The van der Waals surface area contributed by atoms with Gasteiger partial charge in [0.1, 0.15) is 5.02 Å². The fourth-order valence-electron chi connectivity index (χ4n) is 1.06. The summed E-state index contributed by atoms with van der Waals surface area (Å²) in [6.45, 7) is 1.44. The molecular weight excluding hydrogens is 264 g/mol. The molecule has 0 unspecified atom stereocenters. The monoisotopic (exact) mass is 267 g/mol. The molecule has 7 heteroatoms. The number of carbonyl (C=O) groups is 1. The summed E-state index contributed by atoms with van der Waals surface area (Å²) in [7, 11) is 0. The molecule has 15 heavy (non-hydrogen) atoms. The maximum absolute atomic E-state index is 10.9. The molecule has 1 rings (SSSR count). The molecule has 0 aromatic heterocycles. The highest BCUT2D eigenvalue weighted by molar-refractivity contribution is 6.69. The van der Waals surface area contributed by atoms with Crippen LogP contribution in [0.1, 0.15) is 15.9 Å². The van der Waals surface area contributed by atoms with E-state index in [1.165, 1.54) is 13.0 Å². The molecular formula is C8H4Cl3NO3. The van der Waals surface area contributed by atoms with E-state index in [0.717, 1.165) is 0 Å². The molecule has 0 saturated carbocycles. The first-order chi connectivity index (χ1) is 6.86. The van der Waals surface area contributed by atoms with Crippen LogP contribution in [0.15, 0.2) is 6.07 Å². The van der Waals surface area contributed by atoms with Gasteiger partial charge in [-0.15, -0.1) is 0 Å². The predicted molar refractivity (Wildman–Crippen MR) is 58.0 cm³/mol. The maximum Gasteiger partial charge on any atom is 0.293 e. The van der Waals surface area contributed by atoms with Gasteiger partial charge in [0, 0.05) is 5.56 Å². The first-order valence-electron chi connectivity index (χ1n) is 3.69. The van der Waals surface area contributed by atoms with E-state index in [4.69, 9.17) is 34.8 Å². The van der Waals surface area contributed by atoms with Crippen LogP contribution >= 0.6 is 34.8 Å². The minimum atomic E-state index is -0.884. The number of rotatable bonds is 2. The summed E-state index contributed by atoms with van der Waals surface area (Å²) in [6, 6.07) is 1.21. The predicted octanol–water partition coefficient (Wildman–Crippen LogP) is 3.59. The van der Waals surface area contributed by atoms with Crippen molar-refractivity contribution in [3.8, 4) is 0 Å². The molecule has 4 nitrogen and oxygen atoms in total. The quantitative estimate of drug-likeness (QED) is 0.468. The van der Waals surface area contributed by atoms with Crippen LogP contribution in [-0.2, 0) is 0 Å². The molecule has 0 amide bonds. The minimum absolute atomic E-state index is 0.0788. The summed E-state index contributed by atoms with van der Waals surface area (Å²) >= 11 is 16.6. The number of benzene rings is 1. The average molecular weight is 268 g/mol. The molecule has 80 valence electrons. The normalized spacial score (nSPS) is 10.1. The van der Waals surface area contributed by atoms with E-state index in [9.17, 15) is 14.9 Å². The Morgan fingerprint density at radius 1 is 1.47 bits per heavy atom. The Hall–Kier alpha value is -0.840. The first kappa shape index (κ1) is 12.2. The summed E-state index contributed by atoms with van der Waals surface area (Å²) in [6.07, 6.45) is 0. The number of nitro benzene ring substituents is 1. The number of nitrogens with zero attached hydrogens (tertiary/aromatic N) is 1. The van der Waals surface area contributed by atoms with E-state index in [1.807, 2.05) is 0 Å². The number of hydrogen-bond acceptors (Lipinski definition) is 3. The van der Waals surface area contributed by atoms with Gasteiger partial charge in [-0.2, -0.15) is 0 Å². The zero-order chi connectivity index (χ0) is 11.7. The van der Waals surface area contributed by atoms with Gasteiger partial charge in [-0.05, 0) is 24.6 Å². The number of halogens is 3. The second kappa shape index (κ2) is 4.35. The van der Waals surface area contributed by atoms with Crippen molar-refractivity contribution in [1.82, 2.24) is 0 Å². The summed E-state index contributed by atoms with van der Waals surface area (Å²) < 4.78 is 0. The van der Waals surface area contributed by atoms with Crippen LogP contribution < -0.4 is 0 Å². The highest BCUT2D eigenvalue weighted by Crippen LogP contribution is 2.36. The van der Waals surface area contributed by atoms with E-state index in [-0.39, 0.29) is 21.2 Å². The highest BCUT2D eigenvalue weighted by Gasteiger charge is 2.24. The molecule has 0 N–H and O–H groups in total. The molecule has 0 radical (unpaired) electrons. The largest absolute Gasteiger partial charge is 0.293 e. The van der Waals surface area contributed by atoms with Gasteiger partial charge in [-0.1, -0.05) is 23.2 Å². The summed E-state index contributed by atoms with van der Waals surface area (Å²) in [5, 5.41) is 9.58. The lowest BCUT2D eigenvalue weighted by atomic mass is 10.1. The van der Waals surface area contributed by atoms with Crippen molar-refractivity contribution in [2.75, 3.05) is 0 Å². The Morgan fingerprint density at radius 2 is 2.00 bits per heavy atom. The number of hydrogen-bond donors (Lipinski definition) is 0. The SMILES string of the molecule is Cc1c(Cl)cc(C(=O)Cl)c(Cl)c1[N+](=O)[O-]. The van der Waals surface area contributed by atoms with Gasteiger partial charge in [0.2, 0.25) is 0 Å².